The average Bonchev–Trinajstić information content (AvgIpc) is 2.96. The molecule has 2 aliphatic rings. The monoisotopic (exact) mass is 489 g/mol. The van der Waals surface area contributed by atoms with Crippen molar-refractivity contribution in [2.75, 3.05) is 0 Å². The highest BCUT2D eigenvalue weighted by Gasteiger charge is 2.61. The molecule has 0 aromatic heterocycles. The highest BCUT2D eigenvalue weighted by atomic mass is 19.4. The summed E-state index contributed by atoms with van der Waals surface area (Å²) in [5.41, 5.74) is -1.53. The van der Waals surface area contributed by atoms with Crippen molar-refractivity contribution in [3.05, 3.63) is 69.0 Å². The SMILES string of the molecule is CCc1ccc(Oc2ccc(C(F)(F)F)cc2[N+](=O)[O-])cc1C1=C(O)[C@@]2(C)CC[C@@H](C1=O)C2(C)C. The number of alkyl halides is 3. The van der Waals surface area contributed by atoms with Crippen molar-refractivity contribution in [2.45, 2.75) is 53.1 Å². The van der Waals surface area contributed by atoms with E-state index in [4.69, 9.17) is 4.74 Å². The second-order valence-corrected chi connectivity index (χ2v) is 9.94. The Hall–Kier alpha value is -3.36. The number of fused-ring (bicyclic) bond motifs is 2. The number of allylic oxidation sites excluding steroid dienone is 2. The first-order chi connectivity index (χ1) is 16.2. The van der Waals surface area contributed by atoms with E-state index in [0.717, 1.165) is 11.6 Å². The Balaban J connectivity index is 1.81. The topological polar surface area (TPSA) is 89.7 Å². The van der Waals surface area contributed by atoms with Gasteiger partial charge in [0.05, 0.1) is 16.1 Å². The second kappa shape index (κ2) is 8.10. The van der Waals surface area contributed by atoms with Crippen molar-refractivity contribution in [1.29, 1.82) is 0 Å². The minimum Gasteiger partial charge on any atom is -0.511 e. The molecule has 0 unspecified atom stereocenters. The van der Waals surface area contributed by atoms with Gasteiger partial charge in [-0.1, -0.05) is 33.8 Å². The molecule has 0 amide bonds. The van der Waals surface area contributed by atoms with Crippen LogP contribution in [0.3, 0.4) is 0 Å². The first kappa shape index (κ1) is 24.8. The molecule has 0 spiro atoms. The van der Waals surface area contributed by atoms with Gasteiger partial charge in [-0.2, -0.15) is 13.2 Å². The zero-order valence-corrected chi connectivity index (χ0v) is 19.8. The Morgan fingerprint density at radius 2 is 1.86 bits per heavy atom. The smallest absolute Gasteiger partial charge is 0.416 e. The number of nitrogens with zero attached hydrogens (tertiary/aromatic N) is 1. The van der Waals surface area contributed by atoms with Gasteiger partial charge in [0.2, 0.25) is 5.75 Å². The standard InChI is InChI=1S/C26H26F3NO5/c1-5-14-6-8-16(35-20-9-7-15(26(27,28)29)12-19(20)30(33)34)13-17(14)21-22(31)18-10-11-25(4,23(21)32)24(18,2)3/h6-9,12-13,18,32H,5,10-11H2,1-4H3/t18-,25+/m0/s1. The van der Waals surface area contributed by atoms with E-state index in [0.29, 0.717) is 37.0 Å². The number of ether oxygens (including phenoxy) is 1. The van der Waals surface area contributed by atoms with Gasteiger partial charge in [0.15, 0.2) is 5.78 Å². The number of halogens is 3. The number of nitro benzene ring substituents is 1. The lowest BCUT2D eigenvalue weighted by Crippen LogP contribution is -2.43. The van der Waals surface area contributed by atoms with Gasteiger partial charge in [0.1, 0.15) is 11.5 Å². The summed E-state index contributed by atoms with van der Waals surface area (Å²) in [6, 6.07) is 6.79. The number of nitro groups is 1. The molecule has 2 bridgehead atoms. The number of aliphatic hydroxyl groups excluding tert-OH is 1. The highest BCUT2D eigenvalue weighted by molar-refractivity contribution is 6.24. The van der Waals surface area contributed by atoms with Crippen molar-refractivity contribution in [3.63, 3.8) is 0 Å². The summed E-state index contributed by atoms with van der Waals surface area (Å²) >= 11 is 0. The number of aryl methyl sites for hydroxylation is 1. The number of benzene rings is 2. The molecular weight excluding hydrogens is 463 g/mol. The largest absolute Gasteiger partial charge is 0.511 e. The minimum atomic E-state index is -4.74. The van der Waals surface area contributed by atoms with Crippen molar-refractivity contribution in [1.82, 2.24) is 0 Å². The van der Waals surface area contributed by atoms with Gasteiger partial charge < -0.3 is 9.84 Å². The molecule has 2 atom stereocenters. The van der Waals surface area contributed by atoms with Crippen LogP contribution in [0.2, 0.25) is 0 Å². The maximum Gasteiger partial charge on any atom is 0.416 e. The van der Waals surface area contributed by atoms with Crippen molar-refractivity contribution in [2.24, 2.45) is 16.7 Å². The number of ketones is 1. The van der Waals surface area contributed by atoms with Crippen LogP contribution in [0.4, 0.5) is 18.9 Å². The summed E-state index contributed by atoms with van der Waals surface area (Å²) in [5, 5.41) is 22.8. The van der Waals surface area contributed by atoms with E-state index in [2.05, 4.69) is 0 Å². The summed E-state index contributed by atoms with van der Waals surface area (Å²) < 4.78 is 44.8. The molecule has 1 fully saturated rings. The van der Waals surface area contributed by atoms with Crippen molar-refractivity contribution >= 4 is 17.0 Å². The molecule has 35 heavy (non-hydrogen) atoms. The fraction of sp³-hybridized carbons (Fsp3) is 0.423. The van der Waals surface area contributed by atoms with Gasteiger partial charge in [0, 0.05) is 17.4 Å². The third kappa shape index (κ3) is 3.77. The molecule has 2 aromatic carbocycles. The third-order valence-electron chi connectivity index (χ3n) is 7.99. The first-order valence-electron chi connectivity index (χ1n) is 11.4. The molecular formula is C26H26F3NO5. The van der Waals surface area contributed by atoms with E-state index < -0.39 is 33.2 Å². The molecule has 9 heteroatoms. The van der Waals surface area contributed by atoms with Gasteiger partial charge in [0.25, 0.3) is 0 Å². The highest BCUT2D eigenvalue weighted by Crippen LogP contribution is 2.64. The van der Waals surface area contributed by atoms with E-state index >= 15 is 0 Å². The number of rotatable bonds is 5. The van der Waals surface area contributed by atoms with Crippen LogP contribution in [-0.4, -0.2) is 15.8 Å². The fourth-order valence-electron chi connectivity index (χ4n) is 5.42. The van der Waals surface area contributed by atoms with Crippen LogP contribution in [0, 0.1) is 26.9 Å². The van der Waals surface area contributed by atoms with Crippen LogP contribution in [0.25, 0.3) is 5.57 Å². The van der Waals surface area contributed by atoms with E-state index in [-0.39, 0.29) is 34.5 Å². The zero-order valence-electron chi connectivity index (χ0n) is 19.8. The summed E-state index contributed by atoms with van der Waals surface area (Å²) in [6.07, 6.45) is -2.87. The molecule has 6 nitrogen and oxygen atoms in total. The van der Waals surface area contributed by atoms with E-state index in [1.807, 2.05) is 27.7 Å². The maximum atomic E-state index is 13.5. The average molecular weight is 489 g/mol. The predicted octanol–water partition coefficient (Wildman–Crippen LogP) is 7.26. The quantitative estimate of drug-likeness (QED) is 0.353. The van der Waals surface area contributed by atoms with Gasteiger partial charge >= 0.3 is 11.9 Å². The Bertz CT molecular complexity index is 1260. The molecule has 4 rings (SSSR count). The molecule has 0 aliphatic heterocycles. The van der Waals surface area contributed by atoms with Crippen molar-refractivity contribution in [3.8, 4) is 11.5 Å². The van der Waals surface area contributed by atoms with Gasteiger partial charge in [-0.05, 0) is 60.1 Å². The Morgan fingerprint density at radius 1 is 1.17 bits per heavy atom. The van der Waals surface area contributed by atoms with Crippen LogP contribution >= 0.6 is 0 Å². The normalized spacial score (nSPS) is 23.5. The number of hydrogen-bond donors (Lipinski definition) is 1. The number of carbonyl (C=O) groups excluding carboxylic acids is 1. The van der Waals surface area contributed by atoms with Crippen LogP contribution in [0.5, 0.6) is 11.5 Å². The molecule has 1 N–H and O–H groups in total. The number of carbonyl (C=O) groups is 1. The van der Waals surface area contributed by atoms with Crippen LogP contribution in [0.1, 0.15) is 57.2 Å². The summed E-state index contributed by atoms with van der Waals surface area (Å²) in [4.78, 5) is 24.0. The summed E-state index contributed by atoms with van der Waals surface area (Å²) in [5.74, 6) is -0.651. The third-order valence-corrected chi connectivity index (χ3v) is 7.99. The van der Waals surface area contributed by atoms with Crippen LogP contribution < -0.4 is 4.74 Å². The molecule has 186 valence electrons. The van der Waals surface area contributed by atoms with E-state index in [1.165, 1.54) is 12.1 Å². The van der Waals surface area contributed by atoms with Gasteiger partial charge in [-0.15, -0.1) is 0 Å². The molecule has 1 saturated carbocycles. The van der Waals surface area contributed by atoms with E-state index in [9.17, 15) is 33.2 Å². The van der Waals surface area contributed by atoms with Gasteiger partial charge in [-0.25, -0.2) is 0 Å². The molecule has 0 saturated heterocycles. The molecule has 0 heterocycles. The first-order valence-corrected chi connectivity index (χ1v) is 11.4. The Labute approximate surface area is 200 Å². The second-order valence-electron chi connectivity index (χ2n) is 9.94. The lowest BCUT2D eigenvalue weighted by atomic mass is 9.58. The number of Topliss-reactive ketones (excluding diaryl/α,β-unsaturated/α-hetero) is 1. The maximum absolute atomic E-state index is 13.5. The fourth-order valence-corrected chi connectivity index (χ4v) is 5.42. The summed E-state index contributed by atoms with van der Waals surface area (Å²) in [6.45, 7) is 7.82. The molecule has 0 radical (unpaired) electrons. The lowest BCUT2D eigenvalue weighted by Gasteiger charge is -2.45. The summed E-state index contributed by atoms with van der Waals surface area (Å²) in [7, 11) is 0. The molecule has 2 aromatic rings. The zero-order chi connectivity index (χ0) is 25.9. The number of hydrogen-bond acceptors (Lipinski definition) is 5. The van der Waals surface area contributed by atoms with E-state index in [1.54, 1.807) is 6.07 Å². The predicted molar refractivity (Wildman–Crippen MR) is 123 cm³/mol. The minimum absolute atomic E-state index is 0.0219. The van der Waals surface area contributed by atoms with Crippen LogP contribution in [-0.2, 0) is 17.4 Å². The van der Waals surface area contributed by atoms with Gasteiger partial charge in [-0.3, -0.25) is 14.9 Å². The Kier molecular flexibility index (Phi) is 5.73. The number of aliphatic hydroxyl groups is 1. The van der Waals surface area contributed by atoms with Crippen LogP contribution in [0.15, 0.2) is 42.2 Å². The van der Waals surface area contributed by atoms with Crippen molar-refractivity contribution < 1.29 is 32.7 Å². The molecule has 2 aliphatic carbocycles. The Morgan fingerprint density at radius 3 is 2.46 bits per heavy atom. The lowest BCUT2D eigenvalue weighted by molar-refractivity contribution is -0.385.